The summed E-state index contributed by atoms with van der Waals surface area (Å²) in [6.45, 7) is 0. The zero-order valence-corrected chi connectivity index (χ0v) is 4.09. The quantitative estimate of drug-likeness (QED) is 0.411. The molecular formula is C6H3NO. The van der Waals surface area contributed by atoms with E-state index >= 15 is 0 Å². The van der Waals surface area contributed by atoms with Gasteiger partial charge in [0.25, 0.3) is 5.91 Å². The number of allylic oxidation sites excluding steroid dienone is 2. The number of carbonyl (C=O) groups is 1. The van der Waals surface area contributed by atoms with Gasteiger partial charge >= 0.3 is 0 Å². The fourth-order valence-electron chi connectivity index (χ4n) is 0.340. The van der Waals surface area contributed by atoms with Gasteiger partial charge in [0.05, 0.1) is 0 Å². The minimum absolute atomic E-state index is 0.286. The fourth-order valence-corrected chi connectivity index (χ4v) is 0.340. The molecule has 38 valence electrons. The number of aliphatic imine (C=N–C) groups is 1. The van der Waals surface area contributed by atoms with Gasteiger partial charge in [-0.25, -0.2) is 0 Å². The zero-order chi connectivity index (χ0) is 5.82. The Hall–Kier alpha value is -1.36. The van der Waals surface area contributed by atoms with E-state index in [-0.39, 0.29) is 5.91 Å². The second kappa shape index (κ2) is 2.08. The van der Waals surface area contributed by atoms with Crippen LogP contribution < -0.4 is 0 Å². The molecule has 0 aromatic carbocycles. The fraction of sp³-hybridized carbons (Fsp3) is 0. The van der Waals surface area contributed by atoms with Gasteiger partial charge in [-0.05, 0) is 17.9 Å². The molecule has 1 amide bonds. The van der Waals surface area contributed by atoms with Crippen LogP contribution in [0.4, 0.5) is 0 Å². The smallest absolute Gasteiger partial charge is 0.267 e. The number of hydrogen-bond donors (Lipinski definition) is 0. The largest absolute Gasteiger partial charge is 0.278 e. The van der Waals surface area contributed by atoms with Crippen LogP contribution in [0.3, 0.4) is 0 Å². The summed E-state index contributed by atoms with van der Waals surface area (Å²) < 4.78 is 0. The molecule has 0 saturated heterocycles. The second-order valence-electron chi connectivity index (χ2n) is 1.23. The van der Waals surface area contributed by atoms with Crippen LogP contribution in [-0.4, -0.2) is 11.8 Å². The van der Waals surface area contributed by atoms with Crippen LogP contribution in [0, 0.1) is 0 Å². The molecule has 0 N–H and O–H groups in total. The van der Waals surface area contributed by atoms with Gasteiger partial charge in [0.2, 0.25) is 0 Å². The molecule has 0 fully saturated rings. The third-order valence-electron chi connectivity index (χ3n) is 0.649. The lowest BCUT2D eigenvalue weighted by Gasteiger charge is -1.69. The van der Waals surface area contributed by atoms with E-state index in [2.05, 4.69) is 16.6 Å². The molecule has 0 radical (unpaired) electrons. The van der Waals surface area contributed by atoms with Crippen molar-refractivity contribution in [3.63, 3.8) is 0 Å². The third-order valence-corrected chi connectivity index (χ3v) is 0.649. The Morgan fingerprint density at radius 3 is 3.38 bits per heavy atom. The molecule has 0 bridgehead atoms. The molecule has 0 saturated carbocycles. The lowest BCUT2D eigenvalue weighted by Crippen LogP contribution is -1.81. The van der Waals surface area contributed by atoms with Crippen LogP contribution in [0.1, 0.15) is 0 Å². The summed E-state index contributed by atoms with van der Waals surface area (Å²) in [4.78, 5) is 13.6. The van der Waals surface area contributed by atoms with Crippen LogP contribution in [0.2, 0.25) is 0 Å². The Labute approximate surface area is 46.5 Å². The Balaban J connectivity index is 3.04. The first kappa shape index (κ1) is 4.79. The molecule has 0 unspecified atom stereocenters. The number of carbonyl (C=O) groups excluding carboxylic acids is 1. The molecule has 1 aliphatic heterocycles. The summed E-state index contributed by atoms with van der Waals surface area (Å²) in [5.41, 5.74) is 2.53. The van der Waals surface area contributed by atoms with Crippen molar-refractivity contribution in [2.24, 2.45) is 4.99 Å². The lowest BCUT2D eigenvalue weighted by molar-refractivity contribution is -0.113. The lowest BCUT2D eigenvalue weighted by atomic mass is 10.5. The average Bonchev–Trinajstić information content (AvgIpc) is 1.94. The molecule has 1 heterocycles. The Bertz CT molecular complexity index is 225. The van der Waals surface area contributed by atoms with Crippen molar-refractivity contribution >= 4 is 11.8 Å². The van der Waals surface area contributed by atoms with Crippen molar-refractivity contribution in [1.82, 2.24) is 0 Å². The second-order valence-corrected chi connectivity index (χ2v) is 1.23. The maximum atomic E-state index is 10.3. The molecule has 2 nitrogen and oxygen atoms in total. The Morgan fingerprint density at radius 2 is 2.50 bits per heavy atom. The van der Waals surface area contributed by atoms with Gasteiger partial charge in [-0.2, -0.15) is 4.99 Å². The van der Waals surface area contributed by atoms with Crippen molar-refractivity contribution in [2.75, 3.05) is 0 Å². The molecule has 0 spiro atoms. The predicted octanol–water partition coefficient (Wildman–Crippen LogP) is 0.464. The van der Waals surface area contributed by atoms with Crippen molar-refractivity contribution < 1.29 is 4.79 Å². The summed E-state index contributed by atoms with van der Waals surface area (Å²) in [7, 11) is 0. The third kappa shape index (κ3) is 1.05. The number of amides is 1. The monoisotopic (exact) mass is 105 g/mol. The molecule has 1 aliphatic rings. The van der Waals surface area contributed by atoms with E-state index in [1.807, 2.05) is 0 Å². The standard InChI is InChI=1S/C6H3NO/c8-6-4-2-1-3-5-7-6/h1-2,4H. The van der Waals surface area contributed by atoms with Gasteiger partial charge in [-0.1, -0.05) is 0 Å². The van der Waals surface area contributed by atoms with Crippen molar-refractivity contribution in [2.45, 2.75) is 0 Å². The number of hydrogen-bond acceptors (Lipinski definition) is 1. The minimum Gasteiger partial charge on any atom is -0.267 e. The zero-order valence-electron chi connectivity index (χ0n) is 4.09. The molecule has 2 heteroatoms. The van der Waals surface area contributed by atoms with Crippen LogP contribution in [-0.2, 0) is 4.79 Å². The minimum atomic E-state index is -0.286. The highest BCUT2D eigenvalue weighted by Gasteiger charge is 1.85. The van der Waals surface area contributed by atoms with Gasteiger partial charge < -0.3 is 0 Å². The summed E-state index contributed by atoms with van der Waals surface area (Å²) in [6.07, 6.45) is 4.51. The molecule has 0 aliphatic carbocycles. The summed E-state index contributed by atoms with van der Waals surface area (Å²) in [5.74, 6) is 2.02. The first-order chi connectivity index (χ1) is 3.89. The maximum absolute atomic E-state index is 10.3. The van der Waals surface area contributed by atoms with E-state index in [1.165, 1.54) is 6.08 Å². The highest BCUT2D eigenvalue weighted by atomic mass is 16.1. The number of rotatable bonds is 0. The predicted molar refractivity (Wildman–Crippen MR) is 29.7 cm³/mol. The Kier molecular flexibility index (Phi) is 1.25. The summed E-state index contributed by atoms with van der Waals surface area (Å²) in [6, 6.07) is 0. The van der Waals surface area contributed by atoms with Gasteiger partial charge in [-0.15, -0.1) is 0 Å². The van der Waals surface area contributed by atoms with E-state index in [9.17, 15) is 4.79 Å². The van der Waals surface area contributed by atoms with Crippen LogP contribution in [0.5, 0.6) is 0 Å². The number of nitrogens with zero attached hydrogens (tertiary/aromatic N) is 1. The summed E-state index contributed by atoms with van der Waals surface area (Å²) in [5, 5.41) is 0. The van der Waals surface area contributed by atoms with Gasteiger partial charge in [0, 0.05) is 11.9 Å². The van der Waals surface area contributed by atoms with E-state index in [4.69, 9.17) is 0 Å². The molecule has 0 atom stereocenters. The molecule has 8 heavy (non-hydrogen) atoms. The van der Waals surface area contributed by atoms with E-state index in [0.717, 1.165) is 0 Å². The normalized spacial score (nSPS) is 14.8. The molecule has 0 aromatic rings. The SMILES string of the molecule is O=C1C=CC=C=C=N1. The average molecular weight is 105 g/mol. The van der Waals surface area contributed by atoms with Gasteiger partial charge in [0.15, 0.2) is 0 Å². The molecular weight excluding hydrogens is 102 g/mol. The topological polar surface area (TPSA) is 29.4 Å². The van der Waals surface area contributed by atoms with E-state index in [1.54, 1.807) is 12.2 Å². The van der Waals surface area contributed by atoms with E-state index in [0.29, 0.717) is 0 Å². The first-order valence-electron chi connectivity index (χ1n) is 2.15. The van der Waals surface area contributed by atoms with E-state index < -0.39 is 0 Å². The maximum Gasteiger partial charge on any atom is 0.278 e. The highest BCUT2D eigenvalue weighted by Crippen LogP contribution is 1.80. The van der Waals surface area contributed by atoms with Crippen molar-refractivity contribution in [3.05, 3.63) is 24.0 Å². The first-order valence-corrected chi connectivity index (χ1v) is 2.15. The van der Waals surface area contributed by atoms with Crippen LogP contribution in [0.25, 0.3) is 0 Å². The van der Waals surface area contributed by atoms with Crippen LogP contribution in [0.15, 0.2) is 29.0 Å². The molecule has 0 aromatic heterocycles. The van der Waals surface area contributed by atoms with Gasteiger partial charge in [-0.3, -0.25) is 4.79 Å². The summed E-state index contributed by atoms with van der Waals surface area (Å²) >= 11 is 0. The Morgan fingerprint density at radius 1 is 1.62 bits per heavy atom. The molecule has 1 rings (SSSR count). The van der Waals surface area contributed by atoms with Crippen LogP contribution >= 0.6 is 0 Å². The van der Waals surface area contributed by atoms with Gasteiger partial charge in [0.1, 0.15) is 0 Å². The van der Waals surface area contributed by atoms with Crippen molar-refractivity contribution in [3.8, 4) is 0 Å². The highest BCUT2D eigenvalue weighted by molar-refractivity contribution is 5.93. The van der Waals surface area contributed by atoms with Crippen molar-refractivity contribution in [1.29, 1.82) is 0 Å².